The first-order valence-corrected chi connectivity index (χ1v) is 11.4. The lowest BCUT2D eigenvalue weighted by Gasteiger charge is -2.34. The number of nitrogens with zero attached hydrogens (tertiary/aromatic N) is 3. The third-order valence-corrected chi connectivity index (χ3v) is 7.49. The molecule has 0 N–H and O–H groups in total. The van der Waals surface area contributed by atoms with Crippen LogP contribution in [0.2, 0.25) is 0 Å². The summed E-state index contributed by atoms with van der Waals surface area (Å²) in [6.45, 7) is 1.17. The molecule has 1 aliphatic rings. The van der Waals surface area contributed by atoms with Crippen LogP contribution in [-0.4, -0.2) is 57.3 Å². The second-order valence-electron chi connectivity index (χ2n) is 7.65. The van der Waals surface area contributed by atoms with E-state index in [0.29, 0.717) is 37.5 Å². The van der Waals surface area contributed by atoms with Crippen molar-refractivity contribution in [3.8, 4) is 17.2 Å². The average molecular weight is 444 g/mol. The van der Waals surface area contributed by atoms with Gasteiger partial charge in [0.05, 0.1) is 17.4 Å². The number of hydrogen-bond donors (Lipinski definition) is 0. The molecule has 164 valence electrons. The van der Waals surface area contributed by atoms with E-state index in [1.54, 1.807) is 31.4 Å². The fourth-order valence-electron chi connectivity index (χ4n) is 3.79. The monoisotopic (exact) mass is 443 g/mol. The van der Waals surface area contributed by atoms with E-state index in [1.807, 2.05) is 24.3 Å². The van der Waals surface area contributed by atoms with Crippen LogP contribution in [0.1, 0.15) is 24.3 Å². The second kappa shape index (κ2) is 8.41. The van der Waals surface area contributed by atoms with Gasteiger partial charge in [-0.05, 0) is 48.7 Å². The predicted molar refractivity (Wildman–Crippen MR) is 114 cm³/mol. The van der Waals surface area contributed by atoms with Crippen molar-refractivity contribution in [2.24, 2.45) is 0 Å². The second-order valence-corrected chi connectivity index (χ2v) is 9.80. The van der Waals surface area contributed by atoms with E-state index in [9.17, 15) is 8.42 Å². The molecular weight excluding hydrogens is 418 g/mol. The molecule has 3 aromatic rings. The maximum atomic E-state index is 12.5. The third-order valence-electron chi connectivity index (χ3n) is 5.68. The van der Waals surface area contributed by atoms with Crippen LogP contribution >= 0.6 is 0 Å². The molecule has 2 aromatic carbocycles. The highest BCUT2D eigenvalue weighted by atomic mass is 32.2. The van der Waals surface area contributed by atoms with Crippen LogP contribution in [0.5, 0.6) is 5.75 Å². The molecule has 1 saturated heterocycles. The average Bonchev–Trinajstić information content (AvgIpc) is 3.30. The Hall–Kier alpha value is -2.75. The minimum atomic E-state index is -3.57. The molecule has 0 spiro atoms. The normalized spacial score (nSPS) is 16.4. The third kappa shape index (κ3) is 3.96. The molecule has 8 nitrogen and oxygen atoms in total. The van der Waals surface area contributed by atoms with Crippen LogP contribution in [0.15, 0.2) is 57.8 Å². The van der Waals surface area contributed by atoms with Crippen molar-refractivity contribution < 1.29 is 22.3 Å². The zero-order valence-corrected chi connectivity index (χ0v) is 18.6. The number of hydrogen-bond acceptors (Lipinski definition) is 7. The van der Waals surface area contributed by atoms with E-state index in [0.717, 1.165) is 11.3 Å². The molecule has 0 unspecified atom stereocenters. The quantitative estimate of drug-likeness (QED) is 0.578. The van der Waals surface area contributed by atoms with E-state index in [2.05, 4.69) is 10.2 Å². The van der Waals surface area contributed by atoms with Gasteiger partial charge in [-0.15, -0.1) is 10.2 Å². The van der Waals surface area contributed by atoms with E-state index in [4.69, 9.17) is 13.9 Å². The molecule has 31 heavy (non-hydrogen) atoms. The number of methoxy groups -OCH3 is 1. The lowest BCUT2D eigenvalue weighted by atomic mass is 9.74. The van der Waals surface area contributed by atoms with E-state index in [-0.39, 0.29) is 10.8 Å². The Kier molecular flexibility index (Phi) is 5.83. The first-order chi connectivity index (χ1) is 14.9. The van der Waals surface area contributed by atoms with Gasteiger partial charge in [0, 0.05) is 32.9 Å². The van der Waals surface area contributed by atoms with Gasteiger partial charge in [-0.1, -0.05) is 18.2 Å². The largest absolute Gasteiger partial charge is 0.497 e. The summed E-state index contributed by atoms with van der Waals surface area (Å²) in [6, 6.07) is 14.4. The molecule has 1 aliphatic heterocycles. The van der Waals surface area contributed by atoms with E-state index < -0.39 is 15.4 Å². The maximum absolute atomic E-state index is 12.5. The molecule has 4 rings (SSSR count). The maximum Gasteiger partial charge on any atom is 0.247 e. The van der Waals surface area contributed by atoms with Gasteiger partial charge in [0.2, 0.25) is 21.8 Å². The zero-order valence-electron chi connectivity index (χ0n) is 17.7. The lowest BCUT2D eigenvalue weighted by molar-refractivity contribution is 0.0546. The van der Waals surface area contributed by atoms with Crippen molar-refractivity contribution in [3.63, 3.8) is 0 Å². The Labute approximate surface area is 181 Å². The number of rotatable bonds is 6. The van der Waals surface area contributed by atoms with Gasteiger partial charge in [0.15, 0.2) is 0 Å². The summed E-state index contributed by atoms with van der Waals surface area (Å²) in [5.41, 5.74) is 1.14. The molecule has 1 aromatic heterocycles. The van der Waals surface area contributed by atoms with Crippen molar-refractivity contribution in [1.29, 1.82) is 0 Å². The number of ether oxygens (including phenoxy) is 2. The fourth-order valence-corrected chi connectivity index (χ4v) is 4.74. The van der Waals surface area contributed by atoms with Gasteiger partial charge in [-0.25, -0.2) is 12.7 Å². The van der Waals surface area contributed by atoms with Crippen LogP contribution in [0.4, 0.5) is 0 Å². The number of sulfonamides is 1. The summed E-state index contributed by atoms with van der Waals surface area (Å²) < 4.78 is 43.2. The number of aromatic nitrogens is 2. The summed E-state index contributed by atoms with van der Waals surface area (Å²) in [5, 5.41) is 8.61. The van der Waals surface area contributed by atoms with Gasteiger partial charge in [-0.2, -0.15) is 0 Å². The first-order valence-electron chi connectivity index (χ1n) is 9.96. The molecule has 0 atom stereocenters. The van der Waals surface area contributed by atoms with Crippen molar-refractivity contribution in [2.45, 2.75) is 23.2 Å². The summed E-state index contributed by atoms with van der Waals surface area (Å²) in [7, 11) is 1.06. The first kappa shape index (κ1) is 21.5. The highest BCUT2D eigenvalue weighted by Crippen LogP contribution is 2.41. The van der Waals surface area contributed by atoms with Crippen molar-refractivity contribution in [3.05, 3.63) is 60.0 Å². The van der Waals surface area contributed by atoms with Gasteiger partial charge >= 0.3 is 0 Å². The molecule has 0 amide bonds. The molecular formula is C22H25N3O5S. The number of benzene rings is 2. The van der Waals surface area contributed by atoms with Crippen LogP contribution < -0.4 is 4.74 Å². The Morgan fingerprint density at radius 3 is 2.39 bits per heavy atom. The highest BCUT2D eigenvalue weighted by molar-refractivity contribution is 7.89. The Bertz CT molecular complexity index is 1150. The molecule has 0 radical (unpaired) electrons. The highest BCUT2D eigenvalue weighted by Gasteiger charge is 2.41. The van der Waals surface area contributed by atoms with Gasteiger partial charge < -0.3 is 13.9 Å². The van der Waals surface area contributed by atoms with Gasteiger partial charge in [-0.3, -0.25) is 0 Å². The topological polar surface area (TPSA) is 94.8 Å². The van der Waals surface area contributed by atoms with Crippen molar-refractivity contribution in [2.75, 3.05) is 34.4 Å². The SMILES string of the molecule is COc1ccc(C2(c3nnc(-c4cccc(S(=O)(=O)N(C)C)c4)o3)CCOCC2)cc1. The van der Waals surface area contributed by atoms with Crippen LogP contribution in [0.25, 0.3) is 11.5 Å². The van der Waals surface area contributed by atoms with Gasteiger partial charge in [0.1, 0.15) is 5.75 Å². The Morgan fingerprint density at radius 2 is 1.74 bits per heavy atom. The minimum absolute atomic E-state index is 0.172. The zero-order chi connectivity index (χ0) is 22.1. The summed E-state index contributed by atoms with van der Waals surface area (Å²) >= 11 is 0. The van der Waals surface area contributed by atoms with Crippen LogP contribution in [0.3, 0.4) is 0 Å². The summed E-state index contributed by atoms with van der Waals surface area (Å²) in [4.78, 5) is 0.172. The Balaban J connectivity index is 1.74. The predicted octanol–water partition coefficient (Wildman–Crippen LogP) is 3.09. The van der Waals surface area contributed by atoms with E-state index in [1.165, 1.54) is 18.4 Å². The molecule has 1 fully saturated rings. The van der Waals surface area contributed by atoms with Crippen molar-refractivity contribution >= 4 is 10.0 Å². The molecule has 0 aliphatic carbocycles. The molecule has 9 heteroatoms. The Morgan fingerprint density at radius 1 is 1.03 bits per heavy atom. The standard InChI is InChI=1S/C22H25N3O5S/c1-25(2)31(26,27)19-6-4-5-16(15-19)20-23-24-21(30-20)22(11-13-29-14-12-22)17-7-9-18(28-3)10-8-17/h4-10,15H,11-14H2,1-3H3. The molecule has 0 saturated carbocycles. The summed E-state index contributed by atoms with van der Waals surface area (Å²) in [5.74, 6) is 1.55. The van der Waals surface area contributed by atoms with E-state index >= 15 is 0 Å². The van der Waals surface area contributed by atoms with Crippen LogP contribution in [0, 0.1) is 0 Å². The fraction of sp³-hybridized carbons (Fsp3) is 0.364. The van der Waals surface area contributed by atoms with Crippen molar-refractivity contribution in [1.82, 2.24) is 14.5 Å². The van der Waals surface area contributed by atoms with Crippen LogP contribution in [-0.2, 0) is 20.2 Å². The smallest absolute Gasteiger partial charge is 0.247 e. The molecule has 2 heterocycles. The minimum Gasteiger partial charge on any atom is -0.497 e. The summed E-state index contributed by atoms with van der Waals surface area (Å²) in [6.07, 6.45) is 1.41. The van der Waals surface area contributed by atoms with Gasteiger partial charge in [0.25, 0.3) is 0 Å². The lowest BCUT2D eigenvalue weighted by Crippen LogP contribution is -2.35. The molecule has 0 bridgehead atoms.